The molecule has 2 aromatic heterocycles. The minimum atomic E-state index is 0.676. The number of hydrogen-bond acceptors (Lipinski definition) is 3. The van der Waals surface area contributed by atoms with Crippen LogP contribution in [0.5, 0.6) is 0 Å². The molecule has 0 aliphatic rings. The van der Waals surface area contributed by atoms with Crippen molar-refractivity contribution in [2.75, 3.05) is 0 Å². The van der Waals surface area contributed by atoms with E-state index in [1.54, 1.807) is 12.4 Å². The second kappa shape index (κ2) is 2.88. The number of rotatable bonds is 1. The number of benzene rings is 1. The second-order valence-corrected chi connectivity index (χ2v) is 3.33. The predicted octanol–water partition coefficient (Wildman–Crippen LogP) is 1.70. The summed E-state index contributed by atoms with van der Waals surface area (Å²) < 4.78 is 1.89. The summed E-state index contributed by atoms with van der Waals surface area (Å²) in [6, 6.07) is 9.35. The topological polar surface area (TPSA) is 47.3 Å². The molecule has 0 unspecified atom stereocenters. The van der Waals surface area contributed by atoms with Crippen molar-refractivity contribution in [1.29, 1.82) is 0 Å². The second-order valence-electron chi connectivity index (χ2n) is 3.33. The zero-order valence-electron chi connectivity index (χ0n) is 7.79. The number of nitrogens with zero attached hydrogens (tertiary/aromatic N) is 3. The first-order valence-corrected chi connectivity index (χ1v) is 4.56. The van der Waals surface area contributed by atoms with Crippen molar-refractivity contribution in [3.8, 4) is 0 Å². The van der Waals surface area contributed by atoms with E-state index in [0.717, 1.165) is 22.8 Å². The molecular weight excluding hydrogens is 190 g/mol. The highest BCUT2D eigenvalue weighted by atomic mass is 16.1. The van der Waals surface area contributed by atoms with Crippen molar-refractivity contribution in [2.24, 2.45) is 0 Å². The quantitative estimate of drug-likeness (QED) is 0.558. The van der Waals surface area contributed by atoms with Gasteiger partial charge < -0.3 is 0 Å². The Bertz CT molecular complexity index is 657. The molecule has 0 saturated carbocycles. The molecule has 3 aromatic rings. The van der Waals surface area contributed by atoms with Crippen molar-refractivity contribution >= 4 is 22.8 Å². The van der Waals surface area contributed by atoms with Crippen molar-refractivity contribution in [2.45, 2.75) is 0 Å². The van der Waals surface area contributed by atoms with Crippen LogP contribution in [0, 0.1) is 0 Å². The van der Waals surface area contributed by atoms with E-state index in [4.69, 9.17) is 0 Å². The zero-order chi connectivity index (χ0) is 10.3. The van der Waals surface area contributed by atoms with Crippen LogP contribution in [0.1, 0.15) is 10.4 Å². The van der Waals surface area contributed by atoms with Gasteiger partial charge in [0.15, 0.2) is 5.65 Å². The molecule has 1 aromatic carbocycles. The minimum Gasteiger partial charge on any atom is -0.298 e. The summed E-state index contributed by atoms with van der Waals surface area (Å²) in [5, 5.41) is 8.80. The van der Waals surface area contributed by atoms with Gasteiger partial charge in [-0.2, -0.15) is 0 Å². The van der Waals surface area contributed by atoms with Gasteiger partial charge in [-0.05, 0) is 35.7 Å². The molecule has 15 heavy (non-hydrogen) atoms. The highest BCUT2D eigenvalue weighted by Crippen LogP contribution is 2.16. The van der Waals surface area contributed by atoms with Gasteiger partial charge in [-0.25, -0.2) is 0 Å². The summed E-state index contributed by atoms with van der Waals surface area (Å²) in [7, 11) is 0. The summed E-state index contributed by atoms with van der Waals surface area (Å²) in [5.74, 6) is 0. The minimum absolute atomic E-state index is 0.676. The summed E-state index contributed by atoms with van der Waals surface area (Å²) >= 11 is 0. The Morgan fingerprint density at radius 3 is 3.00 bits per heavy atom. The highest BCUT2D eigenvalue weighted by molar-refractivity contribution is 5.88. The average Bonchev–Trinajstić information content (AvgIpc) is 2.76. The average molecular weight is 197 g/mol. The molecule has 4 heteroatoms. The van der Waals surface area contributed by atoms with Crippen LogP contribution in [0.25, 0.3) is 16.6 Å². The van der Waals surface area contributed by atoms with Gasteiger partial charge in [-0.15, -0.1) is 10.2 Å². The number of aldehydes is 1. The van der Waals surface area contributed by atoms with E-state index >= 15 is 0 Å². The Labute approximate surface area is 85.2 Å². The third kappa shape index (κ3) is 1.11. The lowest BCUT2D eigenvalue weighted by atomic mass is 10.1. The zero-order valence-corrected chi connectivity index (χ0v) is 7.79. The maximum absolute atomic E-state index is 10.6. The van der Waals surface area contributed by atoms with Crippen LogP contribution in [0.15, 0.2) is 36.7 Å². The fraction of sp³-hybridized carbons (Fsp3) is 0. The Morgan fingerprint density at radius 1 is 1.20 bits per heavy atom. The van der Waals surface area contributed by atoms with Crippen LogP contribution in [0.4, 0.5) is 0 Å². The van der Waals surface area contributed by atoms with E-state index in [9.17, 15) is 4.79 Å². The lowest BCUT2D eigenvalue weighted by molar-refractivity contribution is 0.112. The van der Waals surface area contributed by atoms with Crippen molar-refractivity contribution in [1.82, 2.24) is 14.6 Å². The maximum Gasteiger partial charge on any atom is 0.161 e. The lowest BCUT2D eigenvalue weighted by Crippen LogP contribution is -1.88. The first kappa shape index (κ1) is 8.11. The van der Waals surface area contributed by atoms with Crippen LogP contribution in [0.3, 0.4) is 0 Å². The molecule has 0 atom stereocenters. The SMILES string of the molecule is O=Cc1ccc2c(ccc3nncn32)c1. The number of carbonyl (C=O) groups excluding carboxylic acids is 1. The molecule has 0 aliphatic carbocycles. The summed E-state index contributed by atoms with van der Waals surface area (Å²) in [4.78, 5) is 10.6. The van der Waals surface area contributed by atoms with E-state index in [1.807, 2.05) is 28.7 Å². The van der Waals surface area contributed by atoms with Gasteiger partial charge in [0.2, 0.25) is 0 Å². The van der Waals surface area contributed by atoms with E-state index in [-0.39, 0.29) is 0 Å². The van der Waals surface area contributed by atoms with Crippen molar-refractivity contribution < 1.29 is 4.79 Å². The number of pyridine rings is 1. The van der Waals surface area contributed by atoms with Crippen LogP contribution in [-0.2, 0) is 0 Å². The molecule has 0 saturated heterocycles. The monoisotopic (exact) mass is 197 g/mol. The molecule has 0 aliphatic heterocycles. The molecule has 0 fully saturated rings. The van der Waals surface area contributed by atoms with Gasteiger partial charge >= 0.3 is 0 Å². The number of aromatic nitrogens is 3. The molecule has 0 bridgehead atoms. The van der Waals surface area contributed by atoms with Crippen LogP contribution >= 0.6 is 0 Å². The molecule has 0 radical (unpaired) electrons. The third-order valence-corrected chi connectivity index (χ3v) is 2.43. The Balaban J connectivity index is 2.48. The van der Waals surface area contributed by atoms with Crippen LogP contribution < -0.4 is 0 Å². The Kier molecular flexibility index (Phi) is 1.56. The van der Waals surface area contributed by atoms with E-state index in [0.29, 0.717) is 5.56 Å². The molecule has 0 N–H and O–H groups in total. The summed E-state index contributed by atoms with van der Waals surface area (Å²) in [6.45, 7) is 0. The lowest BCUT2D eigenvalue weighted by Gasteiger charge is -2.01. The van der Waals surface area contributed by atoms with Gasteiger partial charge in [0.1, 0.15) is 12.6 Å². The van der Waals surface area contributed by atoms with Gasteiger partial charge in [-0.1, -0.05) is 0 Å². The van der Waals surface area contributed by atoms with E-state index < -0.39 is 0 Å². The summed E-state index contributed by atoms with van der Waals surface area (Å²) in [5.41, 5.74) is 2.49. The molecule has 4 nitrogen and oxygen atoms in total. The smallest absolute Gasteiger partial charge is 0.161 e. The standard InChI is InChI=1S/C11H7N3O/c15-6-8-1-3-10-9(5-8)2-4-11-13-12-7-14(10)11/h1-7H. The first-order valence-electron chi connectivity index (χ1n) is 4.56. The molecule has 72 valence electrons. The van der Waals surface area contributed by atoms with Gasteiger partial charge in [0.25, 0.3) is 0 Å². The molecule has 2 heterocycles. The molecule has 3 rings (SSSR count). The largest absolute Gasteiger partial charge is 0.298 e. The van der Waals surface area contributed by atoms with Crippen LogP contribution in [-0.4, -0.2) is 20.9 Å². The molecular formula is C11H7N3O. The molecule has 0 spiro atoms. The van der Waals surface area contributed by atoms with Crippen molar-refractivity contribution in [3.05, 3.63) is 42.2 Å². The van der Waals surface area contributed by atoms with E-state index in [2.05, 4.69) is 10.2 Å². The van der Waals surface area contributed by atoms with Gasteiger partial charge in [0, 0.05) is 5.56 Å². The third-order valence-electron chi connectivity index (χ3n) is 2.43. The summed E-state index contributed by atoms with van der Waals surface area (Å²) in [6.07, 6.45) is 2.51. The number of carbonyl (C=O) groups is 1. The van der Waals surface area contributed by atoms with Crippen molar-refractivity contribution in [3.63, 3.8) is 0 Å². The molecule has 0 amide bonds. The van der Waals surface area contributed by atoms with E-state index in [1.165, 1.54) is 0 Å². The fourth-order valence-electron chi connectivity index (χ4n) is 1.71. The number of fused-ring (bicyclic) bond motifs is 3. The fourth-order valence-corrected chi connectivity index (χ4v) is 1.71. The van der Waals surface area contributed by atoms with Gasteiger partial charge in [0.05, 0.1) is 5.52 Å². The maximum atomic E-state index is 10.6. The predicted molar refractivity (Wildman–Crippen MR) is 55.9 cm³/mol. The van der Waals surface area contributed by atoms with Crippen LogP contribution in [0.2, 0.25) is 0 Å². The Hall–Kier alpha value is -2.23. The number of hydrogen-bond donors (Lipinski definition) is 0. The highest BCUT2D eigenvalue weighted by Gasteiger charge is 2.01. The first-order chi connectivity index (χ1) is 7.38. The van der Waals surface area contributed by atoms with Gasteiger partial charge in [-0.3, -0.25) is 9.20 Å². The normalized spacial score (nSPS) is 10.9. The Morgan fingerprint density at radius 2 is 2.13 bits per heavy atom.